The molecular weight excluding hydrogens is 838 g/mol. The molecular formula is C64H62BN3O. The lowest BCUT2D eigenvalue weighted by atomic mass is 9.34. The molecule has 3 aromatic heterocycles. The molecule has 4 saturated carbocycles. The zero-order valence-corrected chi connectivity index (χ0v) is 41.8. The number of aromatic nitrogens is 3. The predicted molar refractivity (Wildman–Crippen MR) is 292 cm³/mol. The Morgan fingerprint density at radius 1 is 0.464 bits per heavy atom. The van der Waals surface area contributed by atoms with E-state index in [1.165, 1.54) is 143 Å². The van der Waals surface area contributed by atoms with Crippen molar-refractivity contribution in [3.05, 3.63) is 138 Å². The maximum atomic E-state index is 7.41. The molecule has 5 heterocycles. The van der Waals surface area contributed by atoms with Crippen molar-refractivity contribution in [2.45, 2.75) is 123 Å². The van der Waals surface area contributed by atoms with E-state index >= 15 is 0 Å². The van der Waals surface area contributed by atoms with Crippen LogP contribution in [0.15, 0.2) is 121 Å². The lowest BCUT2D eigenvalue weighted by Gasteiger charge is -2.57. The number of para-hydroxylation sites is 2. The third-order valence-electron chi connectivity index (χ3n) is 18.2. The van der Waals surface area contributed by atoms with Gasteiger partial charge in [-0.2, -0.15) is 0 Å². The molecule has 0 amide bonds. The summed E-state index contributed by atoms with van der Waals surface area (Å²) in [6.07, 6.45) is 8.15. The number of nitrogens with zero attached hydrogens (tertiary/aromatic N) is 3. The summed E-state index contributed by atoms with van der Waals surface area (Å²) in [7, 11) is 0. The molecule has 0 unspecified atom stereocenters. The molecule has 16 rings (SSSR count). The Morgan fingerprint density at radius 3 is 1.71 bits per heavy atom. The zero-order valence-electron chi connectivity index (χ0n) is 41.8. The Morgan fingerprint density at radius 2 is 1.03 bits per heavy atom. The lowest BCUT2D eigenvalue weighted by molar-refractivity contribution is -0.0386. The quantitative estimate of drug-likeness (QED) is 0.159. The minimum absolute atomic E-state index is 0.00210. The monoisotopic (exact) mass is 899 g/mol. The van der Waals surface area contributed by atoms with Crippen molar-refractivity contribution in [3.63, 3.8) is 0 Å². The summed E-state index contributed by atoms with van der Waals surface area (Å²) in [6, 6.07) is 47.8. The van der Waals surface area contributed by atoms with Crippen molar-refractivity contribution in [1.82, 2.24) is 13.7 Å². The Hall–Kier alpha value is -6.20. The van der Waals surface area contributed by atoms with Crippen LogP contribution in [-0.2, 0) is 21.8 Å². The van der Waals surface area contributed by atoms with Gasteiger partial charge in [0.15, 0.2) is 0 Å². The summed E-state index contributed by atoms with van der Waals surface area (Å²) in [5.41, 5.74) is 18.3. The van der Waals surface area contributed by atoms with E-state index in [9.17, 15) is 0 Å². The van der Waals surface area contributed by atoms with E-state index in [0.717, 1.165) is 34.9 Å². The van der Waals surface area contributed by atoms with E-state index < -0.39 is 0 Å². The van der Waals surface area contributed by atoms with Crippen LogP contribution in [0.4, 0.5) is 0 Å². The first-order valence-corrected chi connectivity index (χ1v) is 26.1. The lowest BCUT2D eigenvalue weighted by Crippen LogP contribution is -2.58. The SMILES string of the molecule is CC(C)(C)c1ccc2c(c1)B1c3c(cc(-n4c5ccccc5c5ccc6c7ccccc7n(C78CC9CC(CC(C9)C7)C8)c6c54)cc3-n3c4ccc(C(C)(C)C)cc4c4cc(C(C)(C)C)cc1c43)O2. The van der Waals surface area contributed by atoms with E-state index in [0.29, 0.717) is 0 Å². The molecule has 4 bridgehead atoms. The summed E-state index contributed by atoms with van der Waals surface area (Å²) in [5.74, 6) is 4.40. The van der Waals surface area contributed by atoms with Gasteiger partial charge in [0, 0.05) is 60.6 Å². The topological polar surface area (TPSA) is 24.0 Å². The molecule has 0 saturated heterocycles. The van der Waals surface area contributed by atoms with Gasteiger partial charge in [-0.25, -0.2) is 0 Å². The third-order valence-corrected chi connectivity index (χ3v) is 18.2. The summed E-state index contributed by atoms with van der Waals surface area (Å²) in [4.78, 5) is 0. The van der Waals surface area contributed by atoms with Crippen molar-refractivity contribution < 1.29 is 4.74 Å². The van der Waals surface area contributed by atoms with Gasteiger partial charge in [0.05, 0.1) is 27.8 Å². The standard InChI is InChI=1S/C64H62BN3O/c1-61(2,3)39-18-22-52-47(27-39)48-28-41(63(7,8)9)30-50-58(48)67(52)54-31-42(32-56-57(54)65(50)49-29-40(62(4,5)6)19-23-55(49)69-56)66-51-16-12-10-14-43(51)45-20-21-46-44-15-11-13-17-53(44)68(60(46)59(45)66)64-33-36-24-37(34-64)26-38(25-36)35-64/h10-23,27-32,36-38H,24-26,33-35H2,1-9H3. The largest absolute Gasteiger partial charge is 0.458 e. The summed E-state index contributed by atoms with van der Waals surface area (Å²) < 4.78 is 15.6. The van der Waals surface area contributed by atoms with Crippen LogP contribution in [0.25, 0.3) is 76.8 Å². The minimum Gasteiger partial charge on any atom is -0.458 e. The maximum Gasteiger partial charge on any atom is 0.256 e. The van der Waals surface area contributed by atoms with Gasteiger partial charge in [-0.15, -0.1) is 0 Å². The highest BCUT2D eigenvalue weighted by atomic mass is 16.5. The number of benzene rings is 7. The van der Waals surface area contributed by atoms with Gasteiger partial charge in [-0.3, -0.25) is 0 Å². The number of ether oxygens (including phenoxy) is 1. The molecule has 10 aromatic rings. The second kappa shape index (κ2) is 13.2. The maximum absolute atomic E-state index is 7.41. The molecule has 69 heavy (non-hydrogen) atoms. The highest BCUT2D eigenvalue weighted by molar-refractivity contribution is 6.99. The summed E-state index contributed by atoms with van der Waals surface area (Å²) in [5, 5.41) is 8.03. The van der Waals surface area contributed by atoms with E-state index in [1.54, 1.807) is 0 Å². The van der Waals surface area contributed by atoms with Gasteiger partial charge in [0.2, 0.25) is 0 Å². The molecule has 342 valence electrons. The van der Waals surface area contributed by atoms with Crippen molar-refractivity contribution in [3.8, 4) is 22.9 Å². The first-order chi connectivity index (χ1) is 33.0. The second-order valence-electron chi connectivity index (χ2n) is 25.6. The number of fused-ring (bicyclic) bond motifs is 14. The molecule has 6 aliphatic rings. The summed E-state index contributed by atoms with van der Waals surface area (Å²) in [6.45, 7) is 21.1. The van der Waals surface area contributed by atoms with E-state index in [4.69, 9.17) is 4.74 Å². The van der Waals surface area contributed by atoms with Crippen LogP contribution in [-0.4, -0.2) is 20.4 Å². The van der Waals surface area contributed by atoms with Gasteiger partial charge in [0.1, 0.15) is 11.5 Å². The predicted octanol–water partition coefficient (Wildman–Crippen LogP) is 14.7. The Balaban J connectivity index is 1.09. The molecule has 7 aromatic carbocycles. The van der Waals surface area contributed by atoms with Gasteiger partial charge in [0.25, 0.3) is 6.71 Å². The Kier molecular flexibility index (Phi) is 7.75. The van der Waals surface area contributed by atoms with Crippen LogP contribution < -0.4 is 21.1 Å². The second-order valence-corrected chi connectivity index (χ2v) is 25.6. The zero-order chi connectivity index (χ0) is 46.8. The number of rotatable bonds is 2. The minimum atomic E-state index is -0.0461. The summed E-state index contributed by atoms with van der Waals surface area (Å²) >= 11 is 0. The Labute approximate surface area is 406 Å². The van der Waals surface area contributed by atoms with Crippen LogP contribution in [0.1, 0.15) is 118 Å². The Bertz CT molecular complexity index is 3890. The van der Waals surface area contributed by atoms with Crippen LogP contribution in [0.2, 0.25) is 0 Å². The van der Waals surface area contributed by atoms with Gasteiger partial charge >= 0.3 is 0 Å². The van der Waals surface area contributed by atoms with Crippen molar-refractivity contribution >= 4 is 88.5 Å². The smallest absolute Gasteiger partial charge is 0.256 e. The first kappa shape index (κ1) is 40.7. The molecule has 4 nitrogen and oxygen atoms in total. The van der Waals surface area contributed by atoms with Crippen molar-refractivity contribution in [1.29, 1.82) is 0 Å². The molecule has 0 N–H and O–H groups in total. The molecule has 4 fully saturated rings. The van der Waals surface area contributed by atoms with Crippen molar-refractivity contribution in [2.24, 2.45) is 17.8 Å². The van der Waals surface area contributed by atoms with Crippen LogP contribution in [0.3, 0.4) is 0 Å². The number of hydrogen-bond donors (Lipinski definition) is 0. The van der Waals surface area contributed by atoms with Gasteiger partial charge in [-0.1, -0.05) is 135 Å². The fourth-order valence-electron chi connectivity index (χ4n) is 15.4. The molecule has 2 aliphatic heterocycles. The van der Waals surface area contributed by atoms with Crippen LogP contribution >= 0.6 is 0 Å². The highest BCUT2D eigenvalue weighted by Crippen LogP contribution is 2.61. The first-order valence-electron chi connectivity index (χ1n) is 26.1. The van der Waals surface area contributed by atoms with Crippen LogP contribution in [0, 0.1) is 17.8 Å². The average Bonchev–Trinajstić information content (AvgIpc) is 3.95. The van der Waals surface area contributed by atoms with E-state index in [1.807, 2.05) is 0 Å². The molecule has 4 aliphatic carbocycles. The molecule has 5 heteroatoms. The van der Waals surface area contributed by atoms with Gasteiger partial charge < -0.3 is 18.4 Å². The van der Waals surface area contributed by atoms with E-state index in [2.05, 4.69) is 197 Å². The highest BCUT2D eigenvalue weighted by Gasteiger charge is 2.53. The normalized spacial score (nSPS) is 21.6. The van der Waals surface area contributed by atoms with Crippen molar-refractivity contribution in [2.75, 3.05) is 0 Å². The fourth-order valence-corrected chi connectivity index (χ4v) is 15.4. The van der Waals surface area contributed by atoms with Gasteiger partial charge in [-0.05, 0) is 148 Å². The van der Waals surface area contributed by atoms with Crippen LogP contribution in [0.5, 0.6) is 11.5 Å². The molecule has 0 spiro atoms. The molecule has 0 atom stereocenters. The molecule has 0 radical (unpaired) electrons. The third kappa shape index (κ3) is 5.43. The number of hydrogen-bond acceptors (Lipinski definition) is 1. The average molecular weight is 900 g/mol. The fraction of sp³-hybridized carbons (Fsp3) is 0.344. The van der Waals surface area contributed by atoms with E-state index in [-0.39, 0.29) is 28.5 Å².